The van der Waals surface area contributed by atoms with Crippen LogP contribution in [0, 0.1) is 5.82 Å². The molecule has 33 heavy (non-hydrogen) atoms. The van der Waals surface area contributed by atoms with Crippen LogP contribution in [0.25, 0.3) is 11.1 Å². The first-order valence-corrected chi connectivity index (χ1v) is 11.4. The van der Waals surface area contributed by atoms with Crippen molar-refractivity contribution in [3.05, 3.63) is 57.7 Å². The third-order valence-corrected chi connectivity index (χ3v) is 7.34. The Morgan fingerprint density at radius 2 is 2.09 bits per heavy atom. The molecule has 5 rings (SSSR count). The normalized spacial score (nSPS) is 21.3. The van der Waals surface area contributed by atoms with E-state index in [1.807, 2.05) is 10.9 Å². The van der Waals surface area contributed by atoms with Gasteiger partial charge in [0.2, 0.25) is 0 Å². The fourth-order valence-corrected chi connectivity index (χ4v) is 5.69. The number of pyridine rings is 1. The first-order chi connectivity index (χ1) is 15.7. The summed E-state index contributed by atoms with van der Waals surface area (Å²) < 4.78 is 17.5. The lowest BCUT2D eigenvalue weighted by molar-refractivity contribution is 0.0824. The van der Waals surface area contributed by atoms with E-state index in [0.717, 1.165) is 24.8 Å². The summed E-state index contributed by atoms with van der Waals surface area (Å²) in [5, 5.41) is 8.79. The van der Waals surface area contributed by atoms with Gasteiger partial charge in [0.05, 0.1) is 27.8 Å². The number of fused-ring (bicyclic) bond motifs is 2. The van der Waals surface area contributed by atoms with E-state index in [1.54, 1.807) is 32.6 Å². The molecule has 1 amide bonds. The number of rotatable bonds is 3. The Bertz CT molecular complexity index is 1280. The van der Waals surface area contributed by atoms with Crippen molar-refractivity contribution in [1.82, 2.24) is 19.7 Å². The van der Waals surface area contributed by atoms with Crippen molar-refractivity contribution in [1.29, 1.82) is 0 Å². The Morgan fingerprint density at radius 3 is 2.79 bits per heavy atom. The molecule has 3 heterocycles. The number of halogens is 3. The van der Waals surface area contributed by atoms with Gasteiger partial charge in [0, 0.05) is 60.8 Å². The number of hydrogen-bond acceptors (Lipinski definition) is 5. The average Bonchev–Trinajstić information content (AvgIpc) is 3.49. The van der Waals surface area contributed by atoms with Crippen molar-refractivity contribution < 1.29 is 9.18 Å². The number of nitrogens with zero attached hydrogens (tertiary/aromatic N) is 4. The summed E-state index contributed by atoms with van der Waals surface area (Å²) in [5.74, 6) is -0.497. The van der Waals surface area contributed by atoms with Crippen molar-refractivity contribution >= 4 is 40.6 Å². The molecule has 0 radical (unpaired) electrons. The van der Waals surface area contributed by atoms with Gasteiger partial charge < -0.3 is 16.0 Å². The van der Waals surface area contributed by atoms with E-state index >= 15 is 4.39 Å². The van der Waals surface area contributed by atoms with Crippen molar-refractivity contribution in [2.24, 2.45) is 0 Å². The lowest BCUT2D eigenvalue weighted by Gasteiger charge is -2.25. The molecule has 2 aliphatic rings. The van der Waals surface area contributed by atoms with E-state index in [2.05, 4.69) is 15.4 Å². The van der Waals surface area contributed by atoms with Gasteiger partial charge in [-0.3, -0.25) is 9.48 Å². The third-order valence-electron chi connectivity index (χ3n) is 6.75. The highest BCUT2D eigenvalue weighted by molar-refractivity contribution is 6.34. The van der Waals surface area contributed by atoms with Gasteiger partial charge in [-0.25, -0.2) is 9.37 Å². The molecular weight excluding hydrogens is 466 g/mol. The van der Waals surface area contributed by atoms with Crippen LogP contribution in [0.2, 0.25) is 10.0 Å². The molecule has 1 fully saturated rings. The molecule has 2 unspecified atom stereocenters. The molecule has 1 spiro atoms. The first kappa shape index (κ1) is 22.0. The van der Waals surface area contributed by atoms with Gasteiger partial charge >= 0.3 is 0 Å². The minimum Gasteiger partial charge on any atom is -0.398 e. The van der Waals surface area contributed by atoms with Crippen LogP contribution in [-0.4, -0.2) is 46.2 Å². The zero-order chi connectivity index (χ0) is 23.5. The Labute approximate surface area is 200 Å². The van der Waals surface area contributed by atoms with Gasteiger partial charge in [0.25, 0.3) is 5.91 Å². The lowest BCUT2D eigenvalue weighted by Crippen LogP contribution is -2.26. The van der Waals surface area contributed by atoms with Crippen molar-refractivity contribution in [2.45, 2.75) is 30.7 Å². The number of anilines is 2. The van der Waals surface area contributed by atoms with Gasteiger partial charge in [0.1, 0.15) is 11.6 Å². The summed E-state index contributed by atoms with van der Waals surface area (Å²) >= 11 is 13.0. The number of aromatic nitrogens is 3. The van der Waals surface area contributed by atoms with E-state index in [-0.39, 0.29) is 28.3 Å². The SMILES string of the molecule is CN(C)C(=O)c1c(N)ccc(-c2cnc3c(c2Cl)C2(CCC(n4cc(Cl)cn4)C2)CN3)c1F. The van der Waals surface area contributed by atoms with E-state index < -0.39 is 11.7 Å². The lowest BCUT2D eigenvalue weighted by atomic mass is 9.80. The van der Waals surface area contributed by atoms with Gasteiger partial charge in [0.15, 0.2) is 0 Å². The highest BCUT2D eigenvalue weighted by Crippen LogP contribution is 2.54. The van der Waals surface area contributed by atoms with Crippen molar-refractivity contribution in [2.75, 3.05) is 31.7 Å². The molecule has 172 valence electrons. The number of nitrogens with two attached hydrogens (primary N) is 1. The third kappa shape index (κ3) is 3.43. The van der Waals surface area contributed by atoms with Crippen LogP contribution in [0.5, 0.6) is 0 Å². The summed E-state index contributed by atoms with van der Waals surface area (Å²) in [6, 6.07) is 3.26. The summed E-state index contributed by atoms with van der Waals surface area (Å²) in [5.41, 5.74) is 7.13. The number of carbonyl (C=O) groups excluding carboxylic acids is 1. The fraction of sp³-hybridized carbons (Fsp3) is 0.348. The van der Waals surface area contributed by atoms with Crippen LogP contribution < -0.4 is 11.1 Å². The van der Waals surface area contributed by atoms with Gasteiger partial charge in [-0.1, -0.05) is 23.2 Å². The summed E-state index contributed by atoms with van der Waals surface area (Å²) in [7, 11) is 3.10. The number of amides is 1. The molecule has 3 N–H and O–H groups in total. The Morgan fingerprint density at radius 1 is 1.30 bits per heavy atom. The quantitative estimate of drug-likeness (QED) is 0.518. The van der Waals surface area contributed by atoms with E-state index in [0.29, 0.717) is 28.0 Å². The van der Waals surface area contributed by atoms with Crippen LogP contribution in [0.15, 0.2) is 30.7 Å². The Kier molecular flexibility index (Phi) is 5.25. The molecule has 1 aliphatic heterocycles. The first-order valence-electron chi connectivity index (χ1n) is 10.6. The van der Waals surface area contributed by atoms with Crippen LogP contribution in [0.3, 0.4) is 0 Å². The summed E-state index contributed by atoms with van der Waals surface area (Å²) in [6.07, 6.45) is 7.62. The van der Waals surface area contributed by atoms with Crippen molar-refractivity contribution in [3.8, 4) is 11.1 Å². The summed E-state index contributed by atoms with van der Waals surface area (Å²) in [4.78, 5) is 18.4. The second-order valence-corrected chi connectivity index (χ2v) is 9.78. The Balaban J connectivity index is 1.58. The molecule has 1 aliphatic carbocycles. The van der Waals surface area contributed by atoms with E-state index in [1.165, 1.54) is 11.0 Å². The number of benzene rings is 1. The largest absolute Gasteiger partial charge is 0.398 e. The van der Waals surface area contributed by atoms with Gasteiger partial charge in [-0.15, -0.1) is 0 Å². The molecule has 3 aromatic rings. The number of nitrogens with one attached hydrogen (secondary N) is 1. The standard InChI is InChI=1S/C23H23Cl2FN6O/c1-31(2)22(33)17-16(27)4-3-14(20(17)26)15-9-28-21-18(19(15)25)23(11-29-21)6-5-13(7-23)32-10-12(24)8-30-32/h3-4,8-10,13H,5-7,11,27H2,1-2H3,(H,28,29). The molecule has 1 aromatic carbocycles. The van der Waals surface area contributed by atoms with Crippen LogP contribution in [0.1, 0.15) is 41.2 Å². The maximum Gasteiger partial charge on any atom is 0.258 e. The topological polar surface area (TPSA) is 89.1 Å². The molecule has 10 heteroatoms. The predicted molar refractivity (Wildman–Crippen MR) is 127 cm³/mol. The molecule has 0 bridgehead atoms. The smallest absolute Gasteiger partial charge is 0.258 e. The second kappa shape index (κ2) is 7.88. The highest BCUT2D eigenvalue weighted by Gasteiger charge is 2.48. The zero-order valence-electron chi connectivity index (χ0n) is 18.2. The average molecular weight is 489 g/mol. The number of hydrogen-bond donors (Lipinski definition) is 2. The number of nitrogen functional groups attached to an aromatic ring is 1. The van der Waals surface area contributed by atoms with Crippen LogP contribution >= 0.6 is 23.2 Å². The van der Waals surface area contributed by atoms with Crippen molar-refractivity contribution in [3.63, 3.8) is 0 Å². The Hall–Kier alpha value is -2.84. The second-order valence-electron chi connectivity index (χ2n) is 8.97. The van der Waals surface area contributed by atoms with Crippen LogP contribution in [-0.2, 0) is 5.41 Å². The van der Waals surface area contributed by atoms with E-state index in [9.17, 15) is 4.79 Å². The molecule has 2 aromatic heterocycles. The molecule has 2 atom stereocenters. The summed E-state index contributed by atoms with van der Waals surface area (Å²) in [6.45, 7) is 0.693. The highest BCUT2D eigenvalue weighted by atomic mass is 35.5. The molecule has 7 nitrogen and oxygen atoms in total. The monoisotopic (exact) mass is 488 g/mol. The van der Waals surface area contributed by atoms with Gasteiger partial charge in [-0.2, -0.15) is 5.10 Å². The predicted octanol–water partition coefficient (Wildman–Crippen LogP) is 4.76. The minimum absolute atomic E-state index is 0.0786. The van der Waals surface area contributed by atoms with Gasteiger partial charge in [-0.05, 0) is 31.4 Å². The maximum atomic E-state index is 15.6. The fourth-order valence-electron chi connectivity index (χ4n) is 5.10. The zero-order valence-corrected chi connectivity index (χ0v) is 19.7. The molecule has 1 saturated carbocycles. The number of carbonyl (C=O) groups is 1. The maximum absolute atomic E-state index is 15.6. The van der Waals surface area contributed by atoms with Crippen LogP contribution in [0.4, 0.5) is 15.9 Å². The molecular formula is C23H23Cl2FN6O. The minimum atomic E-state index is -0.701. The van der Waals surface area contributed by atoms with E-state index in [4.69, 9.17) is 28.9 Å². The molecule has 0 saturated heterocycles.